The van der Waals surface area contributed by atoms with Gasteiger partial charge >= 0.3 is 16.3 Å². The summed E-state index contributed by atoms with van der Waals surface area (Å²) in [5.41, 5.74) is 1.15. The van der Waals surface area contributed by atoms with E-state index in [9.17, 15) is 26.4 Å². The number of hydrogen-bond donors (Lipinski definition) is 0. The van der Waals surface area contributed by atoms with Crippen molar-refractivity contribution < 1.29 is 40.0 Å². The number of piperazine rings is 1. The van der Waals surface area contributed by atoms with Crippen molar-refractivity contribution in [2.75, 3.05) is 37.3 Å². The van der Waals surface area contributed by atoms with Gasteiger partial charge in [0.2, 0.25) is 12.2 Å². The van der Waals surface area contributed by atoms with Crippen molar-refractivity contribution in [1.29, 1.82) is 0 Å². The van der Waals surface area contributed by atoms with E-state index < -0.39 is 28.3 Å². The summed E-state index contributed by atoms with van der Waals surface area (Å²) in [6.45, 7) is 3.22. The molecule has 0 N–H and O–H groups in total. The number of benzene rings is 1. The van der Waals surface area contributed by atoms with Crippen LogP contribution in [-0.2, 0) is 50.3 Å². The van der Waals surface area contributed by atoms with Gasteiger partial charge in [-0.1, -0.05) is 12.1 Å². The first-order chi connectivity index (χ1) is 18.9. The molecule has 0 saturated carbocycles. The van der Waals surface area contributed by atoms with Gasteiger partial charge in [-0.25, -0.2) is 4.98 Å². The van der Waals surface area contributed by atoms with E-state index >= 15 is 0 Å². The van der Waals surface area contributed by atoms with Crippen LogP contribution in [0.5, 0.6) is 5.75 Å². The second-order valence-corrected chi connectivity index (χ2v) is 11.8. The number of aryl methyl sites for hydroxylation is 1. The Labute approximate surface area is 232 Å². The Hall–Kier alpha value is -3.21. The highest BCUT2D eigenvalue weighted by molar-refractivity contribution is 7.86. The van der Waals surface area contributed by atoms with Crippen molar-refractivity contribution in [2.45, 2.75) is 39.1 Å². The summed E-state index contributed by atoms with van der Waals surface area (Å²) in [6.07, 6.45) is -4.36. The molecule has 2 aliphatic rings. The van der Waals surface area contributed by atoms with Gasteiger partial charge in [0.05, 0.1) is 19.5 Å². The fourth-order valence-electron chi connectivity index (χ4n) is 4.41. The Bertz CT molecular complexity index is 1500. The van der Waals surface area contributed by atoms with E-state index in [2.05, 4.69) is 10.1 Å². The number of aromatic nitrogens is 3. The zero-order valence-electron chi connectivity index (χ0n) is 21.5. The van der Waals surface area contributed by atoms with E-state index in [1.807, 2.05) is 16.3 Å². The Morgan fingerprint density at radius 3 is 2.58 bits per heavy atom. The summed E-state index contributed by atoms with van der Waals surface area (Å²) in [7, 11) is -3.71. The minimum Gasteiger partial charge on any atom is -0.382 e. The monoisotopic (exact) mass is 601 g/mol. The van der Waals surface area contributed by atoms with Crippen LogP contribution >= 0.6 is 11.3 Å². The van der Waals surface area contributed by atoms with Gasteiger partial charge in [0.15, 0.2) is 10.8 Å². The van der Waals surface area contributed by atoms with Crippen molar-refractivity contribution in [2.24, 2.45) is 0 Å². The maximum absolute atomic E-state index is 12.9. The molecule has 1 fully saturated rings. The molecule has 0 radical (unpaired) electrons. The van der Waals surface area contributed by atoms with E-state index in [0.29, 0.717) is 37.4 Å². The van der Waals surface area contributed by atoms with Crippen LogP contribution in [0, 0.1) is 6.92 Å². The van der Waals surface area contributed by atoms with Crippen molar-refractivity contribution in [3.05, 3.63) is 57.9 Å². The van der Waals surface area contributed by atoms with Crippen molar-refractivity contribution in [3.63, 3.8) is 0 Å². The number of amides is 1. The molecule has 1 amide bonds. The van der Waals surface area contributed by atoms with Gasteiger partial charge in [0, 0.05) is 42.8 Å². The second-order valence-electron chi connectivity index (χ2n) is 9.38. The van der Waals surface area contributed by atoms with Gasteiger partial charge in [0.25, 0.3) is 0 Å². The lowest BCUT2D eigenvalue weighted by molar-refractivity contribution is -0.155. The van der Waals surface area contributed by atoms with Gasteiger partial charge in [-0.15, -0.1) is 11.3 Å². The molecule has 1 unspecified atom stereocenters. The fraction of sp³-hybridized carbons (Fsp3) is 0.458. The van der Waals surface area contributed by atoms with Gasteiger partial charge < -0.3 is 23.5 Å². The quantitative estimate of drug-likeness (QED) is 0.393. The highest BCUT2D eigenvalue weighted by Crippen LogP contribution is 2.34. The lowest BCUT2D eigenvalue weighted by atomic mass is 10.1. The predicted molar refractivity (Wildman–Crippen MR) is 137 cm³/mol. The Morgan fingerprint density at radius 1 is 1.18 bits per heavy atom. The average molecular weight is 602 g/mol. The number of hydrogen-bond acceptors (Lipinski definition) is 10. The number of ether oxygens (including phenoxy) is 2. The first-order valence-electron chi connectivity index (χ1n) is 12.2. The third kappa shape index (κ3) is 6.40. The molecule has 5 rings (SSSR count). The molecule has 0 bridgehead atoms. The van der Waals surface area contributed by atoms with Crippen LogP contribution in [0.3, 0.4) is 0 Å². The minimum atomic E-state index is -4.57. The molecule has 11 nitrogen and oxygen atoms in total. The number of nitrogens with zero attached hydrogens (tertiary/aromatic N) is 5. The molecular formula is C24H26F3N5O6S2. The molecule has 2 aliphatic heterocycles. The Morgan fingerprint density at radius 2 is 1.90 bits per heavy atom. The average Bonchev–Trinajstić information content (AvgIpc) is 3.45. The fourth-order valence-corrected chi connectivity index (χ4v) is 5.77. The van der Waals surface area contributed by atoms with E-state index in [0.717, 1.165) is 27.7 Å². The zero-order valence-corrected chi connectivity index (χ0v) is 23.2. The third-order valence-electron chi connectivity index (χ3n) is 6.45. The van der Waals surface area contributed by atoms with Crippen LogP contribution in [-0.4, -0.2) is 66.4 Å². The highest BCUT2D eigenvalue weighted by atomic mass is 32.2. The number of rotatable bonds is 6. The third-order valence-corrected chi connectivity index (χ3v) is 7.85. The van der Waals surface area contributed by atoms with Gasteiger partial charge in [-0.3, -0.25) is 9.48 Å². The molecule has 1 saturated heterocycles. The van der Waals surface area contributed by atoms with Crippen molar-refractivity contribution in [3.8, 4) is 5.75 Å². The summed E-state index contributed by atoms with van der Waals surface area (Å²) >= 11 is 1.40. The number of carbonyl (C=O) groups is 1. The summed E-state index contributed by atoms with van der Waals surface area (Å²) in [5, 5.41) is 6.07. The lowest BCUT2D eigenvalue weighted by Gasteiger charge is -2.34. The molecule has 0 aliphatic carbocycles. The van der Waals surface area contributed by atoms with E-state index in [1.165, 1.54) is 18.3 Å². The van der Waals surface area contributed by atoms with Crippen molar-refractivity contribution >= 4 is 32.5 Å². The molecule has 1 atom stereocenters. The van der Waals surface area contributed by atoms with Crippen LogP contribution in [0.15, 0.2) is 29.6 Å². The summed E-state index contributed by atoms with van der Waals surface area (Å²) in [4.78, 5) is 21.0. The standard InChI is InChI=1S/C24H26F3N5O6S2/c1-15-10-20(24(25,26)27)29-32(15)11-21(33)30-6-8-31(9-7-30)23-28-18(14-39-23)22-36-12-16-4-3-5-19(17(16)13-37-22)38-40(2,34)35/h3-5,10,14,22H,6-9,11-13H2,1-2H3. The molecule has 1 aromatic carbocycles. The molecule has 216 valence electrons. The topological polar surface area (TPSA) is 116 Å². The van der Waals surface area contributed by atoms with E-state index in [1.54, 1.807) is 17.0 Å². The number of fused-ring (bicyclic) bond motifs is 1. The van der Waals surface area contributed by atoms with Crippen LogP contribution in [0.2, 0.25) is 0 Å². The first-order valence-corrected chi connectivity index (χ1v) is 14.9. The summed E-state index contributed by atoms with van der Waals surface area (Å²) in [6, 6.07) is 5.98. The molecule has 0 spiro atoms. The van der Waals surface area contributed by atoms with Gasteiger partial charge in [-0.05, 0) is 24.6 Å². The number of thiazole rings is 1. The van der Waals surface area contributed by atoms with Crippen LogP contribution in [0.1, 0.15) is 34.5 Å². The maximum Gasteiger partial charge on any atom is 0.435 e. The highest BCUT2D eigenvalue weighted by Gasteiger charge is 2.35. The number of anilines is 1. The van der Waals surface area contributed by atoms with Gasteiger partial charge in [0.1, 0.15) is 18.0 Å². The molecule has 40 heavy (non-hydrogen) atoms. The predicted octanol–water partition coefficient (Wildman–Crippen LogP) is 3.10. The van der Waals surface area contributed by atoms with Crippen LogP contribution in [0.4, 0.5) is 18.3 Å². The molecule has 16 heteroatoms. The summed E-state index contributed by atoms with van der Waals surface area (Å²) in [5.74, 6) is -0.113. The van der Waals surface area contributed by atoms with Crippen LogP contribution in [0.25, 0.3) is 0 Å². The van der Waals surface area contributed by atoms with Crippen molar-refractivity contribution in [1.82, 2.24) is 19.7 Å². The van der Waals surface area contributed by atoms with Crippen LogP contribution < -0.4 is 9.08 Å². The number of carbonyl (C=O) groups excluding carboxylic acids is 1. The molecule has 2 aromatic heterocycles. The summed E-state index contributed by atoms with van der Waals surface area (Å²) < 4.78 is 80.0. The van der Waals surface area contributed by atoms with E-state index in [-0.39, 0.29) is 37.1 Å². The van der Waals surface area contributed by atoms with Gasteiger partial charge in [-0.2, -0.15) is 26.7 Å². The number of halogens is 3. The smallest absolute Gasteiger partial charge is 0.382 e. The number of alkyl halides is 3. The SMILES string of the molecule is Cc1cc(C(F)(F)F)nn1CC(=O)N1CCN(c2nc(C3OCc4cccc(OS(C)(=O)=O)c4CO3)cs2)CC1. The normalized spacial score (nSPS) is 18.4. The lowest BCUT2D eigenvalue weighted by Crippen LogP contribution is -2.49. The second kappa shape index (κ2) is 11.0. The molecule has 3 aromatic rings. The maximum atomic E-state index is 12.9. The Kier molecular flexibility index (Phi) is 7.78. The molecule has 4 heterocycles. The molecular weight excluding hydrogens is 575 g/mol. The Balaban J connectivity index is 1.17. The minimum absolute atomic E-state index is 0.0690. The zero-order chi connectivity index (χ0) is 28.7. The largest absolute Gasteiger partial charge is 0.435 e. The first kappa shape index (κ1) is 28.3. The van der Waals surface area contributed by atoms with E-state index in [4.69, 9.17) is 13.7 Å².